The van der Waals surface area contributed by atoms with Crippen LogP contribution in [-0.4, -0.2) is 18.0 Å². The minimum atomic E-state index is -0.339. The van der Waals surface area contributed by atoms with Crippen LogP contribution in [0.25, 0.3) is 10.9 Å². The van der Waals surface area contributed by atoms with Crippen LogP contribution in [0.1, 0.15) is 16.1 Å². The molecule has 1 amide bonds. The highest BCUT2D eigenvalue weighted by atomic mass is 19.1. The van der Waals surface area contributed by atoms with Gasteiger partial charge < -0.3 is 15.0 Å². The second-order valence-electron chi connectivity index (χ2n) is 5.00. The summed E-state index contributed by atoms with van der Waals surface area (Å²) in [6.07, 6.45) is 0. The predicted molar refractivity (Wildman–Crippen MR) is 83.9 cm³/mol. The zero-order chi connectivity index (χ0) is 15.7. The zero-order valence-corrected chi connectivity index (χ0v) is 12.2. The van der Waals surface area contributed by atoms with Gasteiger partial charge in [0.05, 0.1) is 7.11 Å². The van der Waals surface area contributed by atoms with Crippen molar-refractivity contribution in [3.05, 3.63) is 59.5 Å². The zero-order valence-electron chi connectivity index (χ0n) is 12.2. The molecule has 4 nitrogen and oxygen atoms in total. The van der Waals surface area contributed by atoms with Crippen molar-refractivity contribution in [1.29, 1.82) is 0 Å². The summed E-state index contributed by atoms with van der Waals surface area (Å²) in [5, 5.41) is 3.64. The fourth-order valence-electron chi connectivity index (χ4n) is 2.43. The van der Waals surface area contributed by atoms with E-state index in [0.717, 1.165) is 10.9 Å². The van der Waals surface area contributed by atoms with Crippen molar-refractivity contribution in [2.45, 2.75) is 6.92 Å². The van der Waals surface area contributed by atoms with E-state index in [4.69, 9.17) is 4.74 Å². The molecule has 0 fully saturated rings. The number of anilines is 1. The Balaban J connectivity index is 1.93. The molecule has 0 spiro atoms. The number of amides is 1. The van der Waals surface area contributed by atoms with Gasteiger partial charge in [0.2, 0.25) is 0 Å². The largest absolute Gasteiger partial charge is 0.497 e. The maximum absolute atomic E-state index is 13.3. The van der Waals surface area contributed by atoms with Crippen molar-refractivity contribution in [1.82, 2.24) is 4.98 Å². The van der Waals surface area contributed by atoms with E-state index in [-0.39, 0.29) is 11.7 Å². The SMILES string of the molecule is COc1cccc(NC(=O)c2[nH]c3cc(F)ccc3c2C)c1. The van der Waals surface area contributed by atoms with E-state index in [1.54, 1.807) is 37.4 Å². The maximum Gasteiger partial charge on any atom is 0.272 e. The molecule has 1 aromatic heterocycles. The topological polar surface area (TPSA) is 54.1 Å². The highest BCUT2D eigenvalue weighted by molar-refractivity contribution is 6.07. The Morgan fingerprint density at radius 1 is 1.23 bits per heavy atom. The van der Waals surface area contributed by atoms with Gasteiger partial charge in [0, 0.05) is 22.7 Å². The Bertz CT molecular complexity index is 855. The minimum absolute atomic E-state index is 0.276. The van der Waals surface area contributed by atoms with Crippen molar-refractivity contribution in [3.8, 4) is 5.75 Å². The Morgan fingerprint density at radius 2 is 2.05 bits per heavy atom. The molecule has 1 heterocycles. The lowest BCUT2D eigenvalue weighted by Crippen LogP contribution is -2.13. The lowest BCUT2D eigenvalue weighted by molar-refractivity contribution is 0.102. The number of methoxy groups -OCH3 is 1. The lowest BCUT2D eigenvalue weighted by Gasteiger charge is -2.06. The van der Waals surface area contributed by atoms with Crippen LogP contribution in [0, 0.1) is 12.7 Å². The number of fused-ring (bicyclic) bond motifs is 1. The standard InChI is InChI=1S/C17H15FN2O2/c1-10-14-7-6-11(18)8-15(14)20-16(10)17(21)19-12-4-3-5-13(9-12)22-2/h3-9,20H,1-2H3,(H,19,21). The first-order chi connectivity index (χ1) is 10.6. The number of rotatable bonds is 3. The molecule has 112 valence electrons. The summed E-state index contributed by atoms with van der Waals surface area (Å²) in [6, 6.07) is 11.5. The summed E-state index contributed by atoms with van der Waals surface area (Å²) < 4.78 is 18.4. The van der Waals surface area contributed by atoms with Crippen molar-refractivity contribution < 1.29 is 13.9 Å². The molecule has 0 bridgehead atoms. The fourth-order valence-corrected chi connectivity index (χ4v) is 2.43. The lowest BCUT2D eigenvalue weighted by atomic mass is 10.1. The molecule has 0 aliphatic heterocycles. The van der Waals surface area contributed by atoms with E-state index in [2.05, 4.69) is 10.3 Å². The van der Waals surface area contributed by atoms with Crippen molar-refractivity contribution in [3.63, 3.8) is 0 Å². The Kier molecular flexibility index (Phi) is 3.55. The predicted octanol–water partition coefficient (Wildman–Crippen LogP) is 3.88. The number of ether oxygens (including phenoxy) is 1. The van der Waals surface area contributed by atoms with Gasteiger partial charge in [0.15, 0.2) is 0 Å². The third-order valence-electron chi connectivity index (χ3n) is 3.57. The highest BCUT2D eigenvalue weighted by Crippen LogP contribution is 2.24. The van der Waals surface area contributed by atoms with Crippen LogP contribution >= 0.6 is 0 Å². The number of carbonyl (C=O) groups excluding carboxylic acids is 1. The molecule has 0 aliphatic rings. The molecule has 0 saturated heterocycles. The number of aromatic amines is 1. The molecule has 3 rings (SSSR count). The van der Waals surface area contributed by atoms with E-state index in [1.807, 2.05) is 6.92 Å². The van der Waals surface area contributed by atoms with E-state index in [9.17, 15) is 9.18 Å². The average Bonchev–Trinajstić information content (AvgIpc) is 2.84. The maximum atomic E-state index is 13.3. The van der Waals surface area contributed by atoms with E-state index in [0.29, 0.717) is 22.6 Å². The summed E-state index contributed by atoms with van der Waals surface area (Å²) in [5.41, 5.74) is 2.45. The van der Waals surface area contributed by atoms with Gasteiger partial charge in [-0.2, -0.15) is 0 Å². The van der Waals surface area contributed by atoms with Crippen molar-refractivity contribution in [2.75, 3.05) is 12.4 Å². The highest BCUT2D eigenvalue weighted by Gasteiger charge is 2.15. The van der Waals surface area contributed by atoms with Gasteiger partial charge in [-0.05, 0) is 42.8 Å². The molecule has 2 aromatic carbocycles. The molecule has 5 heteroatoms. The summed E-state index contributed by atoms with van der Waals surface area (Å²) in [4.78, 5) is 15.4. The Hall–Kier alpha value is -2.82. The van der Waals surface area contributed by atoms with Crippen molar-refractivity contribution in [2.24, 2.45) is 0 Å². The second kappa shape index (κ2) is 5.52. The first-order valence-electron chi connectivity index (χ1n) is 6.81. The van der Waals surface area contributed by atoms with Gasteiger partial charge in [-0.3, -0.25) is 4.79 Å². The molecule has 0 unspecified atom stereocenters. The number of aryl methyl sites for hydroxylation is 1. The number of nitrogens with one attached hydrogen (secondary N) is 2. The van der Waals surface area contributed by atoms with Crippen LogP contribution in [0.4, 0.5) is 10.1 Å². The van der Waals surface area contributed by atoms with E-state index >= 15 is 0 Å². The van der Waals surface area contributed by atoms with Crippen LogP contribution in [0.3, 0.4) is 0 Å². The number of hydrogen-bond acceptors (Lipinski definition) is 2. The van der Waals surface area contributed by atoms with Crippen LogP contribution < -0.4 is 10.1 Å². The third-order valence-corrected chi connectivity index (χ3v) is 3.57. The number of benzene rings is 2. The molecule has 22 heavy (non-hydrogen) atoms. The molecular weight excluding hydrogens is 283 g/mol. The average molecular weight is 298 g/mol. The quantitative estimate of drug-likeness (QED) is 0.771. The number of H-pyrrole nitrogens is 1. The van der Waals surface area contributed by atoms with Crippen LogP contribution in [0.5, 0.6) is 5.75 Å². The van der Waals surface area contributed by atoms with Crippen LogP contribution in [0.2, 0.25) is 0 Å². The molecular formula is C17H15FN2O2. The summed E-state index contributed by atoms with van der Waals surface area (Å²) in [7, 11) is 1.57. The number of carbonyl (C=O) groups is 1. The van der Waals surface area contributed by atoms with Crippen molar-refractivity contribution >= 4 is 22.5 Å². The van der Waals surface area contributed by atoms with Gasteiger partial charge in [-0.25, -0.2) is 4.39 Å². The van der Waals surface area contributed by atoms with Crippen LogP contribution in [0.15, 0.2) is 42.5 Å². The molecule has 0 aliphatic carbocycles. The van der Waals surface area contributed by atoms with Crippen LogP contribution in [-0.2, 0) is 0 Å². The molecule has 0 radical (unpaired) electrons. The summed E-state index contributed by atoms with van der Waals surface area (Å²) in [6.45, 7) is 1.83. The summed E-state index contributed by atoms with van der Waals surface area (Å²) >= 11 is 0. The Morgan fingerprint density at radius 3 is 2.82 bits per heavy atom. The molecule has 3 aromatic rings. The van der Waals surface area contributed by atoms with Gasteiger partial charge >= 0.3 is 0 Å². The number of halogens is 1. The van der Waals surface area contributed by atoms with Gasteiger partial charge in [0.25, 0.3) is 5.91 Å². The van der Waals surface area contributed by atoms with E-state index < -0.39 is 0 Å². The van der Waals surface area contributed by atoms with Gasteiger partial charge in [0.1, 0.15) is 17.3 Å². The number of hydrogen-bond donors (Lipinski definition) is 2. The van der Waals surface area contributed by atoms with E-state index in [1.165, 1.54) is 12.1 Å². The normalized spacial score (nSPS) is 10.7. The number of aromatic nitrogens is 1. The summed E-state index contributed by atoms with van der Waals surface area (Å²) in [5.74, 6) is 0.0455. The van der Waals surface area contributed by atoms with Gasteiger partial charge in [-0.1, -0.05) is 6.07 Å². The molecule has 0 saturated carbocycles. The molecule has 0 atom stereocenters. The fraction of sp³-hybridized carbons (Fsp3) is 0.118. The first-order valence-corrected chi connectivity index (χ1v) is 6.81. The first kappa shape index (κ1) is 14.1. The third kappa shape index (κ3) is 2.53. The Labute approximate surface area is 126 Å². The monoisotopic (exact) mass is 298 g/mol. The smallest absolute Gasteiger partial charge is 0.272 e. The van der Waals surface area contributed by atoms with Gasteiger partial charge in [-0.15, -0.1) is 0 Å². The second-order valence-corrected chi connectivity index (χ2v) is 5.00. The molecule has 2 N–H and O–H groups in total. The minimum Gasteiger partial charge on any atom is -0.497 e.